The lowest BCUT2D eigenvalue weighted by Crippen LogP contribution is -2.32. The van der Waals surface area contributed by atoms with Gasteiger partial charge in [-0.05, 0) is 56.2 Å². The lowest BCUT2D eigenvalue weighted by molar-refractivity contribution is 0.0923. The van der Waals surface area contributed by atoms with Gasteiger partial charge in [0, 0.05) is 11.6 Å². The van der Waals surface area contributed by atoms with Gasteiger partial charge >= 0.3 is 0 Å². The summed E-state index contributed by atoms with van der Waals surface area (Å²) in [5.41, 5.74) is 2.14. The van der Waals surface area contributed by atoms with Crippen molar-refractivity contribution in [3.8, 4) is 0 Å². The van der Waals surface area contributed by atoms with Crippen molar-refractivity contribution in [3.05, 3.63) is 59.9 Å². The SMILES string of the molecule is CC(C)NS(=O)(=O)c1ccc(C(=O)NC(c2nc3ccccc3[nH]2)C(C)C)cc1. The fraction of sp³-hybridized carbons (Fsp3) is 0.333. The summed E-state index contributed by atoms with van der Waals surface area (Å²) >= 11 is 0. The van der Waals surface area contributed by atoms with Gasteiger partial charge in [-0.15, -0.1) is 0 Å². The first-order chi connectivity index (χ1) is 13.7. The highest BCUT2D eigenvalue weighted by Crippen LogP contribution is 2.23. The molecule has 0 fully saturated rings. The van der Waals surface area contributed by atoms with Crippen LogP contribution < -0.4 is 10.0 Å². The van der Waals surface area contributed by atoms with E-state index in [0.717, 1.165) is 11.0 Å². The Morgan fingerprint density at radius 3 is 2.24 bits per heavy atom. The van der Waals surface area contributed by atoms with Gasteiger partial charge in [-0.2, -0.15) is 0 Å². The van der Waals surface area contributed by atoms with E-state index in [1.165, 1.54) is 24.3 Å². The number of nitrogens with zero attached hydrogens (tertiary/aromatic N) is 1. The van der Waals surface area contributed by atoms with Crippen LogP contribution in [0.4, 0.5) is 0 Å². The van der Waals surface area contributed by atoms with Crippen molar-refractivity contribution < 1.29 is 13.2 Å². The van der Waals surface area contributed by atoms with Gasteiger partial charge < -0.3 is 10.3 Å². The summed E-state index contributed by atoms with van der Waals surface area (Å²) in [6, 6.07) is 13.1. The molecule has 0 aliphatic carbocycles. The second kappa shape index (κ2) is 8.34. The Kier molecular flexibility index (Phi) is 6.04. The number of fused-ring (bicyclic) bond motifs is 1. The predicted octanol–water partition coefficient (Wildman–Crippen LogP) is 3.38. The van der Waals surface area contributed by atoms with Crippen molar-refractivity contribution in [2.75, 3.05) is 0 Å². The molecule has 0 saturated carbocycles. The van der Waals surface area contributed by atoms with Crippen molar-refractivity contribution in [2.24, 2.45) is 5.92 Å². The zero-order chi connectivity index (χ0) is 21.2. The first-order valence-electron chi connectivity index (χ1n) is 9.55. The number of para-hydroxylation sites is 2. The summed E-state index contributed by atoms with van der Waals surface area (Å²) in [7, 11) is -3.59. The number of amides is 1. The van der Waals surface area contributed by atoms with Gasteiger partial charge in [0.2, 0.25) is 10.0 Å². The minimum absolute atomic E-state index is 0.106. The maximum atomic E-state index is 12.8. The number of rotatable bonds is 7. The molecule has 3 aromatic rings. The fourth-order valence-corrected chi connectivity index (χ4v) is 4.31. The highest BCUT2D eigenvalue weighted by molar-refractivity contribution is 7.89. The molecule has 1 atom stereocenters. The molecule has 8 heteroatoms. The van der Waals surface area contributed by atoms with E-state index in [1.54, 1.807) is 13.8 Å². The number of benzene rings is 2. The van der Waals surface area contributed by atoms with Crippen LogP contribution in [0, 0.1) is 5.92 Å². The molecule has 29 heavy (non-hydrogen) atoms. The minimum atomic E-state index is -3.59. The molecule has 0 aliphatic heterocycles. The van der Waals surface area contributed by atoms with E-state index in [1.807, 2.05) is 38.1 Å². The molecule has 3 N–H and O–H groups in total. The molecule has 0 saturated heterocycles. The molecule has 3 rings (SSSR count). The van der Waals surface area contributed by atoms with Crippen LogP contribution in [0.1, 0.15) is 49.9 Å². The van der Waals surface area contributed by atoms with E-state index in [0.29, 0.717) is 11.4 Å². The third-order valence-electron chi connectivity index (χ3n) is 4.47. The number of aromatic nitrogens is 2. The van der Waals surface area contributed by atoms with Gasteiger partial charge in [0.25, 0.3) is 5.91 Å². The molecule has 0 spiro atoms. The molecule has 1 aromatic heterocycles. The van der Waals surface area contributed by atoms with Gasteiger partial charge in [0.1, 0.15) is 5.82 Å². The van der Waals surface area contributed by atoms with Gasteiger partial charge in [-0.3, -0.25) is 4.79 Å². The van der Waals surface area contributed by atoms with E-state index >= 15 is 0 Å². The Hall–Kier alpha value is -2.71. The van der Waals surface area contributed by atoms with Crippen LogP contribution in [-0.2, 0) is 10.0 Å². The Morgan fingerprint density at radius 1 is 1.00 bits per heavy atom. The zero-order valence-electron chi connectivity index (χ0n) is 16.9. The van der Waals surface area contributed by atoms with Gasteiger partial charge in [-0.25, -0.2) is 18.1 Å². The topological polar surface area (TPSA) is 104 Å². The maximum Gasteiger partial charge on any atom is 0.251 e. The first kappa shape index (κ1) is 21.0. The van der Waals surface area contributed by atoms with Crippen LogP contribution in [0.15, 0.2) is 53.4 Å². The van der Waals surface area contributed by atoms with Crippen LogP contribution >= 0.6 is 0 Å². The first-order valence-corrected chi connectivity index (χ1v) is 11.0. The summed E-state index contributed by atoms with van der Waals surface area (Å²) in [4.78, 5) is 20.8. The monoisotopic (exact) mass is 414 g/mol. The average Bonchev–Trinajstić information content (AvgIpc) is 3.08. The lowest BCUT2D eigenvalue weighted by Gasteiger charge is -2.20. The quantitative estimate of drug-likeness (QED) is 0.551. The molecular weight excluding hydrogens is 388 g/mol. The van der Waals surface area contributed by atoms with E-state index < -0.39 is 10.0 Å². The molecule has 0 radical (unpaired) electrons. The Balaban J connectivity index is 1.80. The number of nitrogens with one attached hydrogen (secondary N) is 3. The van der Waals surface area contributed by atoms with Crippen molar-refractivity contribution in [1.82, 2.24) is 20.0 Å². The molecule has 154 valence electrons. The number of imidazole rings is 1. The summed E-state index contributed by atoms with van der Waals surface area (Å²) in [6.07, 6.45) is 0. The van der Waals surface area contributed by atoms with Gasteiger partial charge in [0.15, 0.2) is 0 Å². The molecular formula is C21H26N4O3S. The Morgan fingerprint density at radius 2 is 1.66 bits per heavy atom. The highest BCUT2D eigenvalue weighted by atomic mass is 32.2. The summed E-state index contributed by atoms with van der Waals surface area (Å²) in [5.74, 6) is 0.509. The van der Waals surface area contributed by atoms with Crippen LogP contribution in [-0.4, -0.2) is 30.3 Å². The summed E-state index contributed by atoms with van der Waals surface area (Å²) in [5, 5.41) is 3.00. The normalized spacial score (nSPS) is 13.2. The highest BCUT2D eigenvalue weighted by Gasteiger charge is 2.23. The van der Waals surface area contributed by atoms with Crippen LogP contribution in [0.3, 0.4) is 0 Å². The van der Waals surface area contributed by atoms with Crippen molar-refractivity contribution in [3.63, 3.8) is 0 Å². The number of H-pyrrole nitrogens is 1. The minimum Gasteiger partial charge on any atom is -0.342 e. The number of carbonyl (C=O) groups excluding carboxylic acids is 1. The molecule has 0 bridgehead atoms. The number of aromatic amines is 1. The number of carbonyl (C=O) groups is 1. The Labute approximate surface area is 171 Å². The van der Waals surface area contributed by atoms with E-state index in [9.17, 15) is 13.2 Å². The third kappa shape index (κ3) is 4.83. The summed E-state index contributed by atoms with van der Waals surface area (Å²) in [6.45, 7) is 7.52. The molecule has 1 heterocycles. The average molecular weight is 415 g/mol. The van der Waals surface area contributed by atoms with Crippen LogP contribution in [0.5, 0.6) is 0 Å². The van der Waals surface area contributed by atoms with Crippen molar-refractivity contribution in [1.29, 1.82) is 0 Å². The fourth-order valence-electron chi connectivity index (χ4n) is 3.06. The smallest absolute Gasteiger partial charge is 0.251 e. The summed E-state index contributed by atoms with van der Waals surface area (Å²) < 4.78 is 27.0. The van der Waals surface area contributed by atoms with E-state index in [-0.39, 0.29) is 28.8 Å². The number of hydrogen-bond donors (Lipinski definition) is 3. The Bertz CT molecular complexity index is 1070. The standard InChI is InChI=1S/C21H26N4O3S/c1-13(2)19(20-22-17-7-5-6-8-18(17)23-20)24-21(26)15-9-11-16(12-10-15)29(27,28)25-14(3)4/h5-14,19,25H,1-4H3,(H,22,23)(H,24,26). The largest absolute Gasteiger partial charge is 0.342 e. The lowest BCUT2D eigenvalue weighted by atomic mass is 10.0. The molecule has 1 amide bonds. The number of sulfonamides is 1. The van der Waals surface area contributed by atoms with Gasteiger partial charge in [-0.1, -0.05) is 26.0 Å². The number of hydrogen-bond acceptors (Lipinski definition) is 4. The van der Waals surface area contributed by atoms with Crippen molar-refractivity contribution >= 4 is 27.0 Å². The molecule has 7 nitrogen and oxygen atoms in total. The van der Waals surface area contributed by atoms with Crippen LogP contribution in [0.2, 0.25) is 0 Å². The van der Waals surface area contributed by atoms with Crippen LogP contribution in [0.25, 0.3) is 11.0 Å². The molecule has 1 unspecified atom stereocenters. The van der Waals surface area contributed by atoms with Gasteiger partial charge in [0.05, 0.1) is 22.0 Å². The third-order valence-corrected chi connectivity index (χ3v) is 6.15. The van der Waals surface area contributed by atoms with E-state index in [4.69, 9.17) is 0 Å². The molecule has 2 aromatic carbocycles. The second-order valence-corrected chi connectivity index (χ2v) is 9.35. The van der Waals surface area contributed by atoms with Crippen molar-refractivity contribution in [2.45, 2.75) is 44.7 Å². The predicted molar refractivity (Wildman–Crippen MR) is 113 cm³/mol. The second-order valence-electron chi connectivity index (χ2n) is 7.63. The molecule has 0 aliphatic rings. The maximum absolute atomic E-state index is 12.8. The van der Waals surface area contributed by atoms with E-state index in [2.05, 4.69) is 20.0 Å². The zero-order valence-corrected chi connectivity index (χ0v) is 17.7.